The molecule has 5 heterocycles. The predicted molar refractivity (Wildman–Crippen MR) is 157 cm³/mol. The average Bonchev–Trinajstić information content (AvgIpc) is 3.73. The number of aromatic nitrogens is 4. The Bertz CT molecular complexity index is 1480. The highest BCUT2D eigenvalue weighted by Gasteiger charge is 2.42. The first-order chi connectivity index (χ1) is 18.9. The van der Waals surface area contributed by atoms with Crippen molar-refractivity contribution in [2.24, 2.45) is 11.8 Å². The van der Waals surface area contributed by atoms with Gasteiger partial charge in [-0.3, -0.25) is 0 Å². The zero-order valence-electron chi connectivity index (χ0n) is 22.0. The van der Waals surface area contributed by atoms with Gasteiger partial charge in [-0.05, 0) is 61.1 Å². The molecule has 8 nitrogen and oxygen atoms in total. The lowest BCUT2D eigenvalue weighted by Crippen LogP contribution is -2.31. The van der Waals surface area contributed by atoms with Crippen LogP contribution in [0.3, 0.4) is 0 Å². The Morgan fingerprint density at radius 2 is 1.85 bits per heavy atom. The van der Waals surface area contributed by atoms with Gasteiger partial charge >= 0.3 is 0 Å². The lowest BCUT2D eigenvalue weighted by molar-refractivity contribution is 0.497. The minimum Gasteiger partial charge on any atom is -0.355 e. The van der Waals surface area contributed by atoms with E-state index in [4.69, 9.17) is 26.7 Å². The van der Waals surface area contributed by atoms with Crippen molar-refractivity contribution in [2.75, 3.05) is 54.7 Å². The van der Waals surface area contributed by atoms with Crippen molar-refractivity contribution < 1.29 is 8.60 Å². The van der Waals surface area contributed by atoms with E-state index >= 15 is 0 Å². The molecule has 0 bridgehead atoms. The van der Waals surface area contributed by atoms with Crippen molar-refractivity contribution in [3.05, 3.63) is 53.3 Å². The fourth-order valence-electron chi connectivity index (χ4n) is 5.57. The normalized spacial score (nSPS) is 20.2. The second kappa shape index (κ2) is 11.1. The molecule has 6 rings (SSSR count). The van der Waals surface area contributed by atoms with Gasteiger partial charge in [-0.15, -0.1) is 28.0 Å². The van der Waals surface area contributed by atoms with Gasteiger partial charge in [0.25, 0.3) is 0 Å². The summed E-state index contributed by atoms with van der Waals surface area (Å²) in [6.07, 6.45) is 1.55. The van der Waals surface area contributed by atoms with E-state index in [1.165, 1.54) is 23.5 Å². The first-order valence-electron chi connectivity index (χ1n) is 13.2. The Kier molecular flexibility index (Phi) is 7.58. The number of benzene rings is 1. The summed E-state index contributed by atoms with van der Waals surface area (Å²) in [4.78, 5) is 14.1. The number of nitrogens with zero attached hydrogens (tertiary/aromatic N) is 7. The maximum absolute atomic E-state index is 13.4. The lowest BCUT2D eigenvalue weighted by atomic mass is 10.0. The molecule has 4 aromatic rings. The van der Waals surface area contributed by atoms with E-state index in [1.807, 2.05) is 27.9 Å². The Morgan fingerprint density at radius 3 is 2.54 bits per heavy atom. The van der Waals surface area contributed by atoms with Crippen LogP contribution in [0.5, 0.6) is 0 Å². The van der Waals surface area contributed by atoms with Gasteiger partial charge in [0.05, 0.1) is 22.4 Å². The van der Waals surface area contributed by atoms with Crippen LogP contribution in [0.25, 0.3) is 16.9 Å². The molecule has 0 N–H and O–H groups in total. The summed E-state index contributed by atoms with van der Waals surface area (Å²) in [6, 6.07) is 10.5. The Balaban J connectivity index is 1.23. The minimum atomic E-state index is -0.940. The number of imidazole rings is 1. The van der Waals surface area contributed by atoms with Crippen LogP contribution >= 0.6 is 22.9 Å². The standard InChI is InChI=1S/C27H31ClFN7OS2/c1-3-22-26(33(2)27-31-23(17-38-27)18-5-7-21(29)8-6-18)36-24(30-22)9-10-25(32-36)34-13-19-15-35(16-20(19)14-34)39(37)12-4-11-28/h5-10,17,19-20H,3-4,11-16H2,1-2H3. The number of fused-ring (bicyclic) bond motifs is 2. The molecule has 0 aliphatic carbocycles. The quantitative estimate of drug-likeness (QED) is 0.257. The van der Waals surface area contributed by atoms with Crippen LogP contribution in [0, 0.1) is 17.7 Å². The van der Waals surface area contributed by atoms with E-state index in [9.17, 15) is 8.60 Å². The maximum Gasteiger partial charge on any atom is 0.191 e. The van der Waals surface area contributed by atoms with E-state index in [1.54, 1.807) is 12.1 Å². The molecule has 2 fully saturated rings. The first kappa shape index (κ1) is 26.6. The molecule has 2 aliphatic rings. The highest BCUT2D eigenvalue weighted by Crippen LogP contribution is 2.36. The summed E-state index contributed by atoms with van der Waals surface area (Å²) >= 11 is 7.33. The SMILES string of the molecule is CCc1nc2ccc(N3CC4CN(S(=O)CCCCl)CC4C3)nn2c1N(C)c1nc(-c2ccc(F)cc2)cs1. The third-order valence-electron chi connectivity index (χ3n) is 7.60. The molecule has 3 aromatic heterocycles. The number of hydrogen-bond acceptors (Lipinski definition) is 7. The van der Waals surface area contributed by atoms with Gasteiger partial charge in [0.2, 0.25) is 0 Å². The summed E-state index contributed by atoms with van der Waals surface area (Å²) in [5.41, 5.74) is 3.44. The number of thiazole rings is 1. The summed E-state index contributed by atoms with van der Waals surface area (Å²) in [5, 5.41) is 7.86. The largest absolute Gasteiger partial charge is 0.355 e. The lowest BCUT2D eigenvalue weighted by Gasteiger charge is -2.22. The van der Waals surface area contributed by atoms with Gasteiger partial charge in [-0.2, -0.15) is 4.52 Å². The molecule has 39 heavy (non-hydrogen) atoms. The molecule has 0 radical (unpaired) electrons. The number of anilines is 3. The van der Waals surface area contributed by atoms with Gasteiger partial charge in [0, 0.05) is 55.8 Å². The monoisotopic (exact) mass is 587 g/mol. The van der Waals surface area contributed by atoms with Crippen molar-refractivity contribution in [1.29, 1.82) is 0 Å². The van der Waals surface area contributed by atoms with Gasteiger partial charge < -0.3 is 9.80 Å². The van der Waals surface area contributed by atoms with E-state index < -0.39 is 11.0 Å². The maximum atomic E-state index is 13.4. The van der Waals surface area contributed by atoms with Crippen LogP contribution in [0.2, 0.25) is 0 Å². The molecular weight excluding hydrogens is 557 g/mol. The summed E-state index contributed by atoms with van der Waals surface area (Å²) in [6.45, 7) is 5.62. The van der Waals surface area contributed by atoms with Crippen LogP contribution in [-0.4, -0.2) is 73.0 Å². The molecule has 3 unspecified atom stereocenters. The molecule has 206 valence electrons. The van der Waals surface area contributed by atoms with Crippen molar-refractivity contribution in [3.8, 4) is 11.3 Å². The second-order valence-electron chi connectivity index (χ2n) is 10.1. The number of halogens is 2. The molecule has 12 heteroatoms. The third-order valence-corrected chi connectivity index (χ3v) is 10.3. The van der Waals surface area contributed by atoms with Crippen LogP contribution < -0.4 is 9.80 Å². The molecule has 0 saturated carbocycles. The van der Waals surface area contributed by atoms with Crippen LogP contribution in [-0.2, 0) is 17.4 Å². The molecule has 3 atom stereocenters. The van der Waals surface area contributed by atoms with Gasteiger partial charge in [-0.25, -0.2) is 22.9 Å². The van der Waals surface area contributed by atoms with Crippen LogP contribution in [0.15, 0.2) is 41.8 Å². The van der Waals surface area contributed by atoms with Crippen molar-refractivity contribution in [2.45, 2.75) is 19.8 Å². The Labute approximate surface area is 239 Å². The third kappa shape index (κ3) is 5.17. The Morgan fingerprint density at radius 1 is 1.10 bits per heavy atom. The van der Waals surface area contributed by atoms with Gasteiger partial charge in [0.15, 0.2) is 16.6 Å². The van der Waals surface area contributed by atoms with Crippen LogP contribution in [0.4, 0.5) is 21.2 Å². The molecule has 2 saturated heterocycles. The molecule has 2 aliphatic heterocycles. The van der Waals surface area contributed by atoms with E-state index in [0.29, 0.717) is 23.5 Å². The topological polar surface area (TPSA) is 69.9 Å². The number of alkyl halides is 1. The zero-order chi connectivity index (χ0) is 27.1. The van der Waals surface area contributed by atoms with E-state index in [2.05, 4.69) is 22.2 Å². The molecular formula is C27H31ClFN7OS2. The predicted octanol–water partition coefficient (Wildman–Crippen LogP) is 4.98. The molecule has 0 amide bonds. The zero-order valence-corrected chi connectivity index (χ0v) is 24.4. The number of rotatable bonds is 9. The number of aryl methyl sites for hydroxylation is 1. The van der Waals surface area contributed by atoms with E-state index in [-0.39, 0.29) is 5.82 Å². The van der Waals surface area contributed by atoms with E-state index in [0.717, 1.165) is 78.4 Å². The highest BCUT2D eigenvalue weighted by atomic mass is 35.5. The van der Waals surface area contributed by atoms with Gasteiger partial charge in [0.1, 0.15) is 11.6 Å². The fourth-order valence-corrected chi connectivity index (χ4v) is 8.03. The Hall–Kier alpha value is -2.60. The number of hydrogen-bond donors (Lipinski definition) is 0. The van der Waals surface area contributed by atoms with Crippen LogP contribution in [0.1, 0.15) is 19.0 Å². The van der Waals surface area contributed by atoms with Gasteiger partial charge in [-0.1, -0.05) is 6.92 Å². The smallest absolute Gasteiger partial charge is 0.191 e. The summed E-state index contributed by atoms with van der Waals surface area (Å²) in [5.74, 6) is 3.73. The summed E-state index contributed by atoms with van der Waals surface area (Å²) in [7, 11) is 1.05. The highest BCUT2D eigenvalue weighted by molar-refractivity contribution is 7.82. The molecule has 0 spiro atoms. The second-order valence-corrected chi connectivity index (χ2v) is 12.9. The minimum absolute atomic E-state index is 0.261. The average molecular weight is 588 g/mol. The van der Waals surface area contributed by atoms with Crippen molar-refractivity contribution in [3.63, 3.8) is 0 Å². The first-order valence-corrected chi connectivity index (χ1v) is 15.9. The van der Waals surface area contributed by atoms with Crippen molar-refractivity contribution >= 4 is 56.3 Å². The van der Waals surface area contributed by atoms with Crippen molar-refractivity contribution in [1.82, 2.24) is 23.9 Å². The summed E-state index contributed by atoms with van der Waals surface area (Å²) < 4.78 is 30.0. The molecule has 1 aromatic carbocycles. The fraction of sp³-hybridized carbons (Fsp3) is 0.444.